The lowest BCUT2D eigenvalue weighted by Crippen LogP contribution is -2.31. The summed E-state index contributed by atoms with van der Waals surface area (Å²) in [4.78, 5) is 23.3. The van der Waals surface area contributed by atoms with Crippen molar-refractivity contribution >= 4 is 17.4 Å². The second-order valence-electron chi connectivity index (χ2n) is 6.99. The van der Waals surface area contributed by atoms with Gasteiger partial charge in [0.05, 0.1) is 12.4 Å². The van der Waals surface area contributed by atoms with Crippen molar-refractivity contribution in [2.75, 3.05) is 11.9 Å². The van der Waals surface area contributed by atoms with E-state index < -0.39 is 0 Å². The fourth-order valence-electron chi connectivity index (χ4n) is 3.30. The van der Waals surface area contributed by atoms with Gasteiger partial charge in [-0.25, -0.2) is 9.97 Å². The number of nitrogens with zero attached hydrogens (tertiary/aromatic N) is 3. The van der Waals surface area contributed by atoms with Crippen LogP contribution in [0.3, 0.4) is 0 Å². The zero-order chi connectivity index (χ0) is 20.1. The van der Waals surface area contributed by atoms with Gasteiger partial charge in [-0.2, -0.15) is 0 Å². The number of rotatable bonds is 6. The van der Waals surface area contributed by atoms with E-state index in [-0.39, 0.29) is 5.91 Å². The molecule has 0 radical (unpaired) electrons. The lowest BCUT2D eigenvalue weighted by atomic mass is 10.1. The van der Waals surface area contributed by atoms with Crippen LogP contribution in [-0.4, -0.2) is 27.3 Å². The van der Waals surface area contributed by atoms with Gasteiger partial charge in [0, 0.05) is 18.8 Å². The van der Waals surface area contributed by atoms with Gasteiger partial charge < -0.3 is 10.2 Å². The molecule has 5 heteroatoms. The van der Waals surface area contributed by atoms with Gasteiger partial charge in [-0.3, -0.25) is 4.79 Å². The summed E-state index contributed by atoms with van der Waals surface area (Å²) in [7, 11) is 0. The summed E-state index contributed by atoms with van der Waals surface area (Å²) in [5, 5.41) is 3.32. The van der Waals surface area contributed by atoms with Crippen LogP contribution in [0.4, 0.5) is 11.5 Å². The van der Waals surface area contributed by atoms with E-state index >= 15 is 0 Å². The molecule has 0 bridgehead atoms. The molecule has 1 aromatic heterocycles. The van der Waals surface area contributed by atoms with Crippen molar-refractivity contribution in [1.82, 2.24) is 14.9 Å². The summed E-state index contributed by atoms with van der Waals surface area (Å²) >= 11 is 0. The molecule has 1 N–H and O–H groups in total. The number of anilines is 2. The Hall–Kier alpha value is -3.21. The van der Waals surface area contributed by atoms with Crippen LogP contribution in [-0.2, 0) is 6.54 Å². The van der Waals surface area contributed by atoms with E-state index in [9.17, 15) is 4.79 Å². The van der Waals surface area contributed by atoms with Crippen molar-refractivity contribution in [1.29, 1.82) is 0 Å². The van der Waals surface area contributed by atoms with E-state index in [1.165, 1.54) is 11.8 Å². The molecule has 0 fully saturated rings. The lowest BCUT2D eigenvalue weighted by molar-refractivity contribution is 0.0746. The molecule has 1 amide bonds. The van der Waals surface area contributed by atoms with E-state index in [2.05, 4.69) is 48.2 Å². The zero-order valence-corrected chi connectivity index (χ0v) is 16.9. The van der Waals surface area contributed by atoms with Gasteiger partial charge in [0.15, 0.2) is 0 Å². The fraction of sp³-hybridized carbons (Fsp3) is 0.261. The van der Waals surface area contributed by atoms with E-state index in [1.807, 2.05) is 37.3 Å². The summed E-state index contributed by atoms with van der Waals surface area (Å²) in [5.41, 5.74) is 6.00. The summed E-state index contributed by atoms with van der Waals surface area (Å²) < 4.78 is 0. The third-order valence-corrected chi connectivity index (χ3v) is 4.69. The van der Waals surface area contributed by atoms with Crippen LogP contribution in [0, 0.1) is 20.8 Å². The van der Waals surface area contributed by atoms with Crippen molar-refractivity contribution in [2.45, 2.75) is 34.2 Å². The smallest absolute Gasteiger partial charge is 0.274 e. The lowest BCUT2D eigenvalue weighted by Gasteiger charge is -2.20. The van der Waals surface area contributed by atoms with Gasteiger partial charge in [0.2, 0.25) is 0 Å². The molecule has 2 aromatic carbocycles. The van der Waals surface area contributed by atoms with Gasteiger partial charge >= 0.3 is 0 Å². The Kier molecular flexibility index (Phi) is 6.04. The molecule has 0 unspecified atom stereocenters. The second-order valence-corrected chi connectivity index (χ2v) is 6.99. The molecule has 1 heterocycles. The Morgan fingerprint density at radius 1 is 1.00 bits per heavy atom. The molecule has 0 saturated heterocycles. The number of aromatic nitrogens is 2. The van der Waals surface area contributed by atoms with Crippen molar-refractivity contribution in [2.24, 2.45) is 0 Å². The minimum absolute atomic E-state index is 0.117. The molecule has 3 rings (SSSR count). The quantitative estimate of drug-likeness (QED) is 0.673. The molecule has 5 nitrogen and oxygen atoms in total. The van der Waals surface area contributed by atoms with Crippen LogP contribution in [0.25, 0.3) is 0 Å². The van der Waals surface area contributed by atoms with Crippen LogP contribution in [0.1, 0.15) is 39.7 Å². The van der Waals surface area contributed by atoms with Crippen LogP contribution >= 0.6 is 0 Å². The average Bonchev–Trinajstić information content (AvgIpc) is 2.69. The Morgan fingerprint density at radius 2 is 1.68 bits per heavy atom. The largest absolute Gasteiger partial charge is 0.339 e. The average molecular weight is 374 g/mol. The minimum Gasteiger partial charge on any atom is -0.339 e. The Morgan fingerprint density at radius 3 is 2.25 bits per heavy atom. The second kappa shape index (κ2) is 8.65. The Balaban J connectivity index is 1.73. The number of hydrogen-bond donors (Lipinski definition) is 1. The molecule has 0 atom stereocenters. The van der Waals surface area contributed by atoms with Crippen molar-refractivity contribution < 1.29 is 4.79 Å². The first-order valence-electron chi connectivity index (χ1n) is 9.48. The molecular formula is C23H26N4O. The highest BCUT2D eigenvalue weighted by Gasteiger charge is 2.16. The molecular weight excluding hydrogens is 348 g/mol. The van der Waals surface area contributed by atoms with Crippen molar-refractivity contribution in [3.8, 4) is 0 Å². The van der Waals surface area contributed by atoms with Gasteiger partial charge in [-0.05, 0) is 44.4 Å². The Labute approximate surface area is 166 Å². The van der Waals surface area contributed by atoms with E-state index in [0.717, 1.165) is 22.4 Å². The van der Waals surface area contributed by atoms with Crippen molar-refractivity contribution in [3.63, 3.8) is 0 Å². The van der Waals surface area contributed by atoms with Gasteiger partial charge in [0.1, 0.15) is 11.5 Å². The fourth-order valence-corrected chi connectivity index (χ4v) is 3.30. The number of nitrogens with one attached hydrogen (secondary N) is 1. The van der Waals surface area contributed by atoms with E-state index in [4.69, 9.17) is 0 Å². The van der Waals surface area contributed by atoms with E-state index in [0.29, 0.717) is 24.6 Å². The summed E-state index contributed by atoms with van der Waals surface area (Å²) in [6.45, 7) is 9.34. The molecule has 144 valence electrons. The van der Waals surface area contributed by atoms with Gasteiger partial charge in [-0.15, -0.1) is 0 Å². The topological polar surface area (TPSA) is 58.1 Å². The normalized spacial score (nSPS) is 10.6. The maximum absolute atomic E-state index is 12.8. The van der Waals surface area contributed by atoms with Crippen LogP contribution < -0.4 is 5.32 Å². The highest BCUT2D eigenvalue weighted by molar-refractivity contribution is 5.92. The minimum atomic E-state index is -0.117. The molecule has 0 aliphatic carbocycles. The van der Waals surface area contributed by atoms with Crippen LogP contribution in [0.15, 0.2) is 54.9 Å². The van der Waals surface area contributed by atoms with Gasteiger partial charge in [-0.1, -0.05) is 48.0 Å². The predicted molar refractivity (Wildman–Crippen MR) is 113 cm³/mol. The molecule has 0 spiro atoms. The van der Waals surface area contributed by atoms with Crippen LogP contribution in [0.2, 0.25) is 0 Å². The van der Waals surface area contributed by atoms with Crippen molar-refractivity contribution in [3.05, 3.63) is 82.8 Å². The maximum atomic E-state index is 12.8. The first kappa shape index (κ1) is 19.5. The third kappa shape index (κ3) is 4.55. The number of amides is 1. The number of carbonyl (C=O) groups is 1. The molecule has 28 heavy (non-hydrogen) atoms. The SMILES string of the molecule is CCN(Cc1ccccc1)C(=O)c1cnc(Nc2c(C)cc(C)cc2C)cn1. The number of benzene rings is 2. The monoisotopic (exact) mass is 374 g/mol. The maximum Gasteiger partial charge on any atom is 0.274 e. The first-order valence-corrected chi connectivity index (χ1v) is 9.48. The summed E-state index contributed by atoms with van der Waals surface area (Å²) in [5.74, 6) is 0.505. The molecule has 3 aromatic rings. The van der Waals surface area contributed by atoms with Crippen LogP contribution in [0.5, 0.6) is 0 Å². The highest BCUT2D eigenvalue weighted by Crippen LogP contribution is 2.24. The van der Waals surface area contributed by atoms with E-state index in [1.54, 1.807) is 11.1 Å². The standard InChI is InChI=1S/C23H26N4O/c1-5-27(15-19-9-7-6-8-10-19)23(28)20-13-25-21(14-24-20)26-22-17(3)11-16(2)12-18(22)4/h6-14H,5,15H2,1-4H3,(H,25,26). The van der Waals surface area contributed by atoms with Gasteiger partial charge in [0.25, 0.3) is 5.91 Å². The zero-order valence-electron chi connectivity index (χ0n) is 16.9. The number of hydrogen-bond acceptors (Lipinski definition) is 4. The predicted octanol–water partition coefficient (Wildman–Crippen LogP) is 4.81. The first-order chi connectivity index (χ1) is 13.5. The molecule has 0 aliphatic rings. The molecule has 0 aliphatic heterocycles. The number of carbonyl (C=O) groups excluding carboxylic acids is 1. The Bertz CT molecular complexity index is 929. The third-order valence-electron chi connectivity index (χ3n) is 4.69. The number of aryl methyl sites for hydroxylation is 3. The summed E-state index contributed by atoms with van der Waals surface area (Å²) in [6, 6.07) is 14.2. The highest BCUT2D eigenvalue weighted by atomic mass is 16.2. The summed E-state index contributed by atoms with van der Waals surface area (Å²) in [6.07, 6.45) is 3.15. The molecule has 0 saturated carbocycles.